The van der Waals surface area contributed by atoms with Gasteiger partial charge in [-0.2, -0.15) is 5.10 Å². The van der Waals surface area contributed by atoms with Crippen LogP contribution in [0.25, 0.3) is 0 Å². The molecule has 0 radical (unpaired) electrons. The molecule has 1 amide bonds. The van der Waals surface area contributed by atoms with E-state index in [0.29, 0.717) is 37.9 Å². The zero-order chi connectivity index (χ0) is 15.8. The fourth-order valence-corrected chi connectivity index (χ4v) is 3.03. The summed E-state index contributed by atoms with van der Waals surface area (Å²) in [5.41, 5.74) is 1.41. The van der Waals surface area contributed by atoms with Gasteiger partial charge in [0, 0.05) is 31.3 Å². The molecule has 2 aliphatic rings. The lowest BCUT2D eigenvalue weighted by Gasteiger charge is -2.33. The zero-order valence-corrected chi connectivity index (χ0v) is 13.1. The van der Waals surface area contributed by atoms with E-state index < -0.39 is 0 Å². The molecule has 1 fully saturated rings. The van der Waals surface area contributed by atoms with E-state index in [2.05, 4.69) is 10.3 Å². The molecule has 4 rings (SSSR count). The molecule has 0 N–H and O–H groups in total. The van der Waals surface area contributed by atoms with Crippen molar-refractivity contribution in [3.8, 4) is 0 Å². The molecule has 1 aliphatic heterocycles. The predicted octanol–water partition coefficient (Wildman–Crippen LogP) is 1.98. The van der Waals surface area contributed by atoms with Crippen LogP contribution in [0.2, 0.25) is 0 Å². The lowest BCUT2D eigenvalue weighted by Crippen LogP contribution is -2.42. The van der Waals surface area contributed by atoms with Crippen molar-refractivity contribution in [2.75, 3.05) is 19.8 Å². The Labute approximate surface area is 134 Å². The first-order valence-electron chi connectivity index (χ1n) is 8.12. The molecule has 1 aliphatic carbocycles. The Kier molecular flexibility index (Phi) is 3.65. The summed E-state index contributed by atoms with van der Waals surface area (Å²) in [6.07, 6.45) is 4.02. The summed E-state index contributed by atoms with van der Waals surface area (Å²) in [6.45, 7) is 4.26. The number of nitrogens with zero attached hydrogens (tertiary/aromatic N) is 4. The summed E-state index contributed by atoms with van der Waals surface area (Å²) >= 11 is 0. The molecule has 1 unspecified atom stereocenters. The van der Waals surface area contributed by atoms with Crippen LogP contribution >= 0.6 is 0 Å². The highest BCUT2D eigenvalue weighted by Gasteiger charge is 2.33. The fraction of sp³-hybridized carbons (Fsp3) is 0.562. The van der Waals surface area contributed by atoms with Crippen LogP contribution in [0.5, 0.6) is 0 Å². The Balaban J connectivity index is 1.52. The highest BCUT2D eigenvalue weighted by atomic mass is 16.5. The van der Waals surface area contributed by atoms with E-state index in [0.717, 1.165) is 24.3 Å². The Morgan fingerprint density at radius 2 is 2.35 bits per heavy atom. The average molecular weight is 316 g/mol. The number of hydrogen-bond donors (Lipinski definition) is 0. The van der Waals surface area contributed by atoms with Crippen LogP contribution in [0.15, 0.2) is 22.9 Å². The summed E-state index contributed by atoms with van der Waals surface area (Å²) in [4.78, 5) is 14.5. The SMILES string of the molecule is CCOCC1CN(C(=O)c2cc(C3CC3)on2)Cc2ccnn21. The Hall–Kier alpha value is -2.15. The Bertz CT molecular complexity index is 704. The first-order valence-corrected chi connectivity index (χ1v) is 8.12. The summed E-state index contributed by atoms with van der Waals surface area (Å²) in [5.74, 6) is 1.20. The van der Waals surface area contributed by atoms with E-state index >= 15 is 0 Å². The van der Waals surface area contributed by atoms with Gasteiger partial charge in [-0.1, -0.05) is 5.16 Å². The van der Waals surface area contributed by atoms with Crippen molar-refractivity contribution in [1.82, 2.24) is 19.8 Å². The van der Waals surface area contributed by atoms with Crippen LogP contribution in [0.1, 0.15) is 53.7 Å². The summed E-state index contributed by atoms with van der Waals surface area (Å²) in [6, 6.07) is 3.77. The van der Waals surface area contributed by atoms with Gasteiger partial charge in [0.1, 0.15) is 5.76 Å². The minimum Gasteiger partial charge on any atom is -0.379 e. The molecule has 122 valence electrons. The molecule has 1 atom stereocenters. The van der Waals surface area contributed by atoms with Crippen molar-refractivity contribution < 1.29 is 14.1 Å². The Morgan fingerprint density at radius 1 is 1.48 bits per heavy atom. The third-order valence-electron chi connectivity index (χ3n) is 4.41. The highest BCUT2D eigenvalue weighted by molar-refractivity contribution is 5.92. The van der Waals surface area contributed by atoms with Crippen LogP contribution in [-0.2, 0) is 11.3 Å². The smallest absolute Gasteiger partial charge is 0.276 e. The molecule has 1 saturated carbocycles. The second kappa shape index (κ2) is 5.81. The third-order valence-corrected chi connectivity index (χ3v) is 4.41. The van der Waals surface area contributed by atoms with Crippen molar-refractivity contribution in [3.63, 3.8) is 0 Å². The monoisotopic (exact) mass is 316 g/mol. The second-order valence-corrected chi connectivity index (χ2v) is 6.15. The molecule has 7 nitrogen and oxygen atoms in total. The largest absolute Gasteiger partial charge is 0.379 e. The molecule has 2 aromatic heterocycles. The van der Waals surface area contributed by atoms with E-state index in [4.69, 9.17) is 9.26 Å². The van der Waals surface area contributed by atoms with E-state index in [1.165, 1.54) is 0 Å². The molecule has 0 aromatic carbocycles. The molecule has 23 heavy (non-hydrogen) atoms. The van der Waals surface area contributed by atoms with Crippen molar-refractivity contribution in [2.45, 2.75) is 38.3 Å². The van der Waals surface area contributed by atoms with Crippen LogP contribution in [0.3, 0.4) is 0 Å². The Morgan fingerprint density at radius 3 is 3.13 bits per heavy atom. The van der Waals surface area contributed by atoms with Crippen LogP contribution in [0, 0.1) is 0 Å². The molecule has 7 heteroatoms. The topological polar surface area (TPSA) is 73.4 Å². The van der Waals surface area contributed by atoms with Gasteiger partial charge in [0.25, 0.3) is 5.91 Å². The predicted molar refractivity (Wildman–Crippen MR) is 81.0 cm³/mol. The van der Waals surface area contributed by atoms with Gasteiger partial charge in [-0.15, -0.1) is 0 Å². The van der Waals surface area contributed by atoms with E-state index in [1.54, 1.807) is 17.2 Å². The molecule has 0 bridgehead atoms. The van der Waals surface area contributed by atoms with Gasteiger partial charge >= 0.3 is 0 Å². The summed E-state index contributed by atoms with van der Waals surface area (Å²) in [5, 5.41) is 8.32. The van der Waals surface area contributed by atoms with Gasteiger partial charge in [-0.05, 0) is 25.8 Å². The van der Waals surface area contributed by atoms with E-state index in [-0.39, 0.29) is 11.9 Å². The molecular weight excluding hydrogens is 296 g/mol. The van der Waals surface area contributed by atoms with Crippen LogP contribution in [-0.4, -0.2) is 45.5 Å². The number of aromatic nitrogens is 3. The fourth-order valence-electron chi connectivity index (χ4n) is 3.03. The van der Waals surface area contributed by atoms with Gasteiger partial charge < -0.3 is 14.2 Å². The third kappa shape index (κ3) is 2.76. The standard InChI is InChI=1S/C16H20N4O3/c1-2-22-10-13-9-19(8-12-5-6-17-20(12)13)16(21)14-7-15(23-18-14)11-3-4-11/h5-7,11,13H,2-4,8-10H2,1H3. The summed E-state index contributed by atoms with van der Waals surface area (Å²) < 4.78 is 12.8. The van der Waals surface area contributed by atoms with Crippen molar-refractivity contribution in [2.24, 2.45) is 0 Å². The van der Waals surface area contributed by atoms with E-state index in [1.807, 2.05) is 17.7 Å². The summed E-state index contributed by atoms with van der Waals surface area (Å²) in [7, 11) is 0. The van der Waals surface area contributed by atoms with Gasteiger partial charge in [0.05, 0.1) is 24.9 Å². The lowest BCUT2D eigenvalue weighted by molar-refractivity contribution is 0.0509. The highest BCUT2D eigenvalue weighted by Crippen LogP contribution is 2.40. The molecule has 3 heterocycles. The first-order chi connectivity index (χ1) is 11.3. The van der Waals surface area contributed by atoms with Gasteiger partial charge in [0.2, 0.25) is 0 Å². The quantitative estimate of drug-likeness (QED) is 0.843. The first kappa shape index (κ1) is 14.4. The number of fused-ring (bicyclic) bond motifs is 1. The maximum atomic E-state index is 12.7. The number of ether oxygens (including phenoxy) is 1. The molecule has 2 aromatic rings. The van der Waals surface area contributed by atoms with Gasteiger partial charge in [-0.25, -0.2) is 0 Å². The maximum Gasteiger partial charge on any atom is 0.276 e. The number of rotatable bonds is 5. The molecule has 0 spiro atoms. The van der Waals surface area contributed by atoms with Gasteiger partial charge in [-0.3, -0.25) is 9.48 Å². The van der Waals surface area contributed by atoms with Crippen LogP contribution < -0.4 is 0 Å². The average Bonchev–Trinajstić information content (AvgIpc) is 3.11. The van der Waals surface area contributed by atoms with Crippen molar-refractivity contribution in [1.29, 1.82) is 0 Å². The minimum absolute atomic E-state index is 0.0347. The molecular formula is C16H20N4O3. The van der Waals surface area contributed by atoms with Crippen LogP contribution in [0.4, 0.5) is 0 Å². The van der Waals surface area contributed by atoms with E-state index in [9.17, 15) is 4.79 Å². The number of carbonyl (C=O) groups is 1. The lowest BCUT2D eigenvalue weighted by atomic mass is 10.1. The number of amides is 1. The normalized spacial score (nSPS) is 20.6. The number of hydrogen-bond acceptors (Lipinski definition) is 5. The van der Waals surface area contributed by atoms with Crippen molar-refractivity contribution in [3.05, 3.63) is 35.5 Å². The van der Waals surface area contributed by atoms with Crippen molar-refractivity contribution >= 4 is 5.91 Å². The van der Waals surface area contributed by atoms with Gasteiger partial charge in [0.15, 0.2) is 5.69 Å². The maximum absolute atomic E-state index is 12.7. The second-order valence-electron chi connectivity index (χ2n) is 6.15. The minimum atomic E-state index is -0.0883. The number of carbonyl (C=O) groups excluding carboxylic acids is 1. The zero-order valence-electron chi connectivity index (χ0n) is 13.1. The molecule has 0 saturated heterocycles.